The van der Waals surface area contributed by atoms with Crippen molar-refractivity contribution < 1.29 is 15.3 Å². The van der Waals surface area contributed by atoms with E-state index in [4.69, 9.17) is 5.26 Å². The van der Waals surface area contributed by atoms with Crippen molar-refractivity contribution >= 4 is 0 Å². The summed E-state index contributed by atoms with van der Waals surface area (Å²) in [7, 11) is 0. The first kappa shape index (κ1) is 20.2. The van der Waals surface area contributed by atoms with Crippen LogP contribution in [0.5, 0.6) is 0 Å². The maximum Gasteiger partial charge on any atom is 0.135 e. The van der Waals surface area contributed by atoms with Gasteiger partial charge in [-0.3, -0.25) is 0 Å². The van der Waals surface area contributed by atoms with Crippen LogP contribution in [0.2, 0.25) is 0 Å². The fourth-order valence-corrected chi connectivity index (χ4v) is 2.28. The number of rotatable bonds is 15. The van der Waals surface area contributed by atoms with Gasteiger partial charge in [0.1, 0.15) is 5.76 Å². The van der Waals surface area contributed by atoms with Gasteiger partial charge in [0.15, 0.2) is 0 Å². The Bertz CT molecular complexity index is 261. The van der Waals surface area contributed by atoms with E-state index < -0.39 is 0 Å². The van der Waals surface area contributed by atoms with Gasteiger partial charge in [0.2, 0.25) is 0 Å². The van der Waals surface area contributed by atoms with Crippen LogP contribution in [0.3, 0.4) is 0 Å². The smallest absolute Gasteiger partial charge is 0.135 e. The summed E-state index contributed by atoms with van der Waals surface area (Å²) in [5.74, 6) is 0.447. The quantitative estimate of drug-likeness (QED) is 0.136. The van der Waals surface area contributed by atoms with E-state index in [1.165, 1.54) is 32.1 Å². The highest BCUT2D eigenvalue weighted by Crippen LogP contribution is 2.11. The summed E-state index contributed by atoms with van der Waals surface area (Å²) in [5, 5.41) is 18.1. The minimum Gasteiger partial charge on any atom is -0.393 e. The number of hydrogen-bond donors (Lipinski definition) is 2. The maximum absolute atomic E-state index is 9.80. The molecule has 0 aliphatic carbocycles. The molecule has 0 spiro atoms. The monoisotopic (exact) mass is 298 g/mol. The molecule has 3 nitrogen and oxygen atoms in total. The van der Waals surface area contributed by atoms with Gasteiger partial charge in [0.05, 0.1) is 6.10 Å². The van der Waals surface area contributed by atoms with Crippen molar-refractivity contribution in [1.82, 2.24) is 0 Å². The summed E-state index contributed by atoms with van der Waals surface area (Å²) in [5.41, 5.74) is 0. The minimum atomic E-state index is -0.164. The molecule has 0 fully saturated rings. The molecule has 0 rings (SSSR count). The molecule has 0 aliphatic rings. The zero-order valence-corrected chi connectivity index (χ0v) is 13.7. The molecule has 0 saturated heterocycles. The molecule has 0 amide bonds. The van der Waals surface area contributed by atoms with E-state index in [9.17, 15) is 5.11 Å². The number of hydrogen-bond acceptors (Lipinski definition) is 3. The Morgan fingerprint density at radius 1 is 1.05 bits per heavy atom. The third-order valence-electron chi connectivity index (χ3n) is 3.67. The molecule has 0 saturated carbocycles. The van der Waals surface area contributed by atoms with Crippen LogP contribution >= 0.6 is 0 Å². The summed E-state index contributed by atoms with van der Waals surface area (Å²) in [6, 6.07) is 0. The van der Waals surface area contributed by atoms with Crippen LogP contribution < -0.4 is 0 Å². The van der Waals surface area contributed by atoms with E-state index in [0.717, 1.165) is 44.9 Å². The molecule has 0 aromatic carbocycles. The Morgan fingerprint density at radius 3 is 2.48 bits per heavy atom. The average Bonchev–Trinajstić information content (AvgIpc) is 2.49. The number of unbranched alkanes of at least 4 members (excludes halogenated alkanes) is 7. The third kappa shape index (κ3) is 15.4. The predicted molar refractivity (Wildman–Crippen MR) is 89.1 cm³/mol. The van der Waals surface area contributed by atoms with Crippen LogP contribution in [0.25, 0.3) is 0 Å². The molecule has 0 radical (unpaired) electrons. The molecule has 0 aromatic rings. The summed E-state index contributed by atoms with van der Waals surface area (Å²) in [4.78, 5) is 4.04. The van der Waals surface area contributed by atoms with E-state index in [1.807, 2.05) is 0 Å². The van der Waals surface area contributed by atoms with Crippen LogP contribution in [0.15, 0.2) is 24.5 Å². The van der Waals surface area contributed by atoms with Crippen molar-refractivity contribution in [3.8, 4) is 0 Å². The van der Waals surface area contributed by atoms with Crippen molar-refractivity contribution in [1.29, 1.82) is 0 Å². The van der Waals surface area contributed by atoms with Crippen LogP contribution in [-0.2, 0) is 4.89 Å². The maximum atomic E-state index is 9.80. The Balaban J connectivity index is 3.29. The average molecular weight is 298 g/mol. The molecular weight excluding hydrogens is 264 g/mol. The van der Waals surface area contributed by atoms with Crippen LogP contribution in [0, 0.1) is 0 Å². The molecule has 0 aliphatic heterocycles. The predicted octanol–water partition coefficient (Wildman–Crippen LogP) is 5.61. The summed E-state index contributed by atoms with van der Waals surface area (Å²) < 4.78 is 0. The van der Waals surface area contributed by atoms with Gasteiger partial charge in [0, 0.05) is 6.42 Å². The van der Waals surface area contributed by atoms with Crippen LogP contribution in [0.4, 0.5) is 0 Å². The molecule has 3 heteroatoms. The highest BCUT2D eigenvalue weighted by Gasteiger charge is 2.00. The molecule has 1 atom stereocenters. The summed E-state index contributed by atoms with van der Waals surface area (Å²) >= 11 is 0. The molecule has 2 N–H and O–H groups in total. The number of aliphatic hydroxyl groups excluding tert-OH is 1. The molecule has 1 unspecified atom stereocenters. The lowest BCUT2D eigenvalue weighted by Crippen LogP contribution is -2.04. The minimum absolute atomic E-state index is 0.164. The Hall–Kier alpha value is -0.800. The largest absolute Gasteiger partial charge is 0.393 e. The first-order valence-corrected chi connectivity index (χ1v) is 8.53. The van der Waals surface area contributed by atoms with Gasteiger partial charge in [-0.1, -0.05) is 64.2 Å². The van der Waals surface area contributed by atoms with Gasteiger partial charge in [-0.05, 0) is 32.1 Å². The van der Waals surface area contributed by atoms with Crippen molar-refractivity contribution in [2.75, 3.05) is 0 Å². The molecular formula is C18H34O3. The molecule has 21 heavy (non-hydrogen) atoms. The second-order valence-corrected chi connectivity index (χ2v) is 5.79. The van der Waals surface area contributed by atoms with Crippen molar-refractivity contribution in [3.63, 3.8) is 0 Å². The Kier molecular flexibility index (Phi) is 15.0. The first-order valence-electron chi connectivity index (χ1n) is 8.53. The lowest BCUT2D eigenvalue weighted by Gasteiger charge is -2.07. The third-order valence-corrected chi connectivity index (χ3v) is 3.67. The van der Waals surface area contributed by atoms with Crippen LogP contribution in [-0.4, -0.2) is 16.5 Å². The fourth-order valence-electron chi connectivity index (χ4n) is 2.28. The molecule has 124 valence electrons. The van der Waals surface area contributed by atoms with Gasteiger partial charge in [-0.15, -0.1) is 0 Å². The topological polar surface area (TPSA) is 49.7 Å². The van der Waals surface area contributed by atoms with Crippen molar-refractivity contribution in [3.05, 3.63) is 24.5 Å². The van der Waals surface area contributed by atoms with E-state index in [-0.39, 0.29) is 6.10 Å². The second kappa shape index (κ2) is 15.6. The van der Waals surface area contributed by atoms with Gasteiger partial charge >= 0.3 is 0 Å². The first-order chi connectivity index (χ1) is 10.2. The summed E-state index contributed by atoms with van der Waals surface area (Å²) in [6.45, 7) is 5.78. The van der Waals surface area contributed by atoms with E-state index >= 15 is 0 Å². The molecule has 0 heterocycles. The molecule has 0 bridgehead atoms. The van der Waals surface area contributed by atoms with Crippen LogP contribution in [0.1, 0.15) is 84.0 Å². The lowest BCUT2D eigenvalue weighted by molar-refractivity contribution is -0.205. The van der Waals surface area contributed by atoms with Crippen molar-refractivity contribution in [2.45, 2.75) is 90.1 Å². The van der Waals surface area contributed by atoms with Crippen molar-refractivity contribution in [2.24, 2.45) is 0 Å². The van der Waals surface area contributed by atoms with Gasteiger partial charge in [-0.2, -0.15) is 0 Å². The van der Waals surface area contributed by atoms with Gasteiger partial charge in [-0.25, -0.2) is 5.26 Å². The zero-order valence-electron chi connectivity index (χ0n) is 13.7. The fraction of sp³-hybridized carbons (Fsp3) is 0.778. The SMILES string of the molecule is C=C(CCCCCCC=CCC(O)CCCCCC)OO. The van der Waals surface area contributed by atoms with E-state index in [2.05, 4.69) is 30.5 Å². The van der Waals surface area contributed by atoms with E-state index in [0.29, 0.717) is 5.76 Å². The normalized spacial score (nSPS) is 12.7. The number of allylic oxidation sites excluding steroid dienone is 2. The zero-order chi connectivity index (χ0) is 15.8. The van der Waals surface area contributed by atoms with Gasteiger partial charge < -0.3 is 9.99 Å². The highest BCUT2D eigenvalue weighted by molar-refractivity contribution is 4.84. The molecule has 0 aromatic heterocycles. The number of aliphatic hydroxyl groups is 1. The standard InChI is InChI=1S/C18H34O3/c1-3-4-5-12-15-18(19)16-13-10-8-6-7-9-11-14-17(2)21-20/h10,13,18-20H,2-9,11-12,14-16H2,1H3. The Labute approximate surface area is 130 Å². The van der Waals surface area contributed by atoms with Gasteiger partial charge in [0.25, 0.3) is 0 Å². The van der Waals surface area contributed by atoms with E-state index in [1.54, 1.807) is 0 Å². The lowest BCUT2D eigenvalue weighted by atomic mass is 10.1. The summed E-state index contributed by atoms with van der Waals surface area (Å²) in [6.07, 6.45) is 17.1. The second-order valence-electron chi connectivity index (χ2n) is 5.79. The Morgan fingerprint density at radius 2 is 1.76 bits per heavy atom. The highest BCUT2D eigenvalue weighted by atomic mass is 17.1.